The largest absolute Gasteiger partial charge is 0.365 e. The fourth-order valence-corrected chi connectivity index (χ4v) is 2.27. The van der Waals surface area contributed by atoms with Crippen LogP contribution in [0.25, 0.3) is 0 Å². The van der Waals surface area contributed by atoms with Crippen molar-refractivity contribution in [1.82, 2.24) is 15.3 Å². The fraction of sp³-hybridized carbons (Fsp3) is 0.500. The van der Waals surface area contributed by atoms with E-state index in [-0.39, 0.29) is 5.91 Å². The van der Waals surface area contributed by atoms with Crippen LogP contribution in [0.2, 0.25) is 0 Å². The summed E-state index contributed by atoms with van der Waals surface area (Å²) >= 11 is 1.41. The summed E-state index contributed by atoms with van der Waals surface area (Å²) in [7, 11) is 1.57. The number of rotatable bonds is 3. The minimum atomic E-state index is -0.548. The second-order valence-electron chi connectivity index (χ2n) is 4.13. The average molecular weight is 293 g/mol. The normalized spacial score (nSPS) is 18.4. The third-order valence-electron chi connectivity index (χ3n) is 2.95. The van der Waals surface area contributed by atoms with Gasteiger partial charge in [-0.2, -0.15) is 5.26 Å². The first kappa shape index (κ1) is 14.6. The first-order valence-corrected chi connectivity index (χ1v) is 7.31. The van der Waals surface area contributed by atoms with Gasteiger partial charge in [-0.25, -0.2) is 9.97 Å². The summed E-state index contributed by atoms with van der Waals surface area (Å²) < 4.78 is 5.43. The van der Waals surface area contributed by atoms with Crippen LogP contribution in [0.4, 0.5) is 5.82 Å². The first-order chi connectivity index (χ1) is 9.69. The molecule has 1 unspecified atom stereocenters. The Morgan fingerprint density at radius 1 is 1.70 bits per heavy atom. The van der Waals surface area contributed by atoms with Crippen LogP contribution in [0.15, 0.2) is 11.4 Å². The molecule has 0 aliphatic carbocycles. The van der Waals surface area contributed by atoms with Crippen molar-refractivity contribution in [2.24, 2.45) is 0 Å². The maximum atomic E-state index is 11.7. The molecule has 1 aliphatic heterocycles. The zero-order chi connectivity index (χ0) is 14.5. The van der Waals surface area contributed by atoms with Gasteiger partial charge in [-0.15, -0.1) is 0 Å². The molecule has 0 aromatic carbocycles. The quantitative estimate of drug-likeness (QED) is 0.620. The van der Waals surface area contributed by atoms with Gasteiger partial charge in [0.25, 0.3) is 5.91 Å². The Kier molecular flexibility index (Phi) is 4.76. The van der Waals surface area contributed by atoms with Crippen molar-refractivity contribution < 1.29 is 9.53 Å². The molecule has 7 nitrogen and oxygen atoms in total. The average Bonchev–Trinajstić information content (AvgIpc) is 2.53. The SMILES string of the molecule is CNC(=O)C1CN(c2nc(SC)ncc2C#N)CCO1. The van der Waals surface area contributed by atoms with Gasteiger partial charge in [0.05, 0.1) is 19.3 Å². The molecule has 0 radical (unpaired) electrons. The molecule has 0 bridgehead atoms. The van der Waals surface area contributed by atoms with Gasteiger partial charge in [-0.3, -0.25) is 4.79 Å². The third-order valence-corrected chi connectivity index (χ3v) is 3.52. The van der Waals surface area contributed by atoms with Crippen molar-refractivity contribution in [3.63, 3.8) is 0 Å². The number of ether oxygens (including phenoxy) is 1. The summed E-state index contributed by atoms with van der Waals surface area (Å²) in [6.45, 7) is 1.38. The molecule has 1 aromatic heterocycles. The molecule has 0 spiro atoms. The molecule has 106 valence electrons. The highest BCUT2D eigenvalue weighted by atomic mass is 32.2. The van der Waals surface area contributed by atoms with Gasteiger partial charge in [0.15, 0.2) is 17.1 Å². The monoisotopic (exact) mass is 293 g/mol. The van der Waals surface area contributed by atoms with Crippen molar-refractivity contribution in [2.75, 3.05) is 37.9 Å². The Morgan fingerprint density at radius 2 is 2.50 bits per heavy atom. The van der Waals surface area contributed by atoms with E-state index in [2.05, 4.69) is 21.4 Å². The first-order valence-electron chi connectivity index (χ1n) is 6.09. The third kappa shape index (κ3) is 3.00. The number of morpholine rings is 1. The maximum absolute atomic E-state index is 11.7. The Balaban J connectivity index is 2.26. The number of hydrogen-bond acceptors (Lipinski definition) is 7. The number of carbonyl (C=O) groups excluding carboxylic acids is 1. The van der Waals surface area contributed by atoms with Crippen molar-refractivity contribution in [1.29, 1.82) is 5.26 Å². The maximum Gasteiger partial charge on any atom is 0.250 e. The molecule has 1 fully saturated rings. The van der Waals surface area contributed by atoms with Crippen LogP contribution in [0.3, 0.4) is 0 Å². The van der Waals surface area contributed by atoms with Crippen LogP contribution in [0.1, 0.15) is 5.56 Å². The van der Waals surface area contributed by atoms with E-state index in [4.69, 9.17) is 10.00 Å². The van der Waals surface area contributed by atoms with Gasteiger partial charge in [0, 0.05) is 13.6 Å². The number of nitriles is 1. The number of thioether (sulfide) groups is 1. The number of hydrogen-bond donors (Lipinski definition) is 1. The van der Waals surface area contributed by atoms with E-state index in [0.717, 1.165) is 0 Å². The molecule has 1 atom stereocenters. The second kappa shape index (κ2) is 6.54. The molecule has 1 amide bonds. The van der Waals surface area contributed by atoms with Gasteiger partial charge < -0.3 is 15.0 Å². The van der Waals surface area contributed by atoms with Gasteiger partial charge >= 0.3 is 0 Å². The van der Waals surface area contributed by atoms with E-state index in [9.17, 15) is 4.79 Å². The Bertz CT molecular complexity index is 545. The molecule has 8 heteroatoms. The highest BCUT2D eigenvalue weighted by Gasteiger charge is 2.28. The Morgan fingerprint density at radius 3 is 3.15 bits per heavy atom. The number of nitrogens with zero attached hydrogens (tertiary/aromatic N) is 4. The van der Waals surface area contributed by atoms with Crippen LogP contribution in [0.5, 0.6) is 0 Å². The highest BCUT2D eigenvalue weighted by molar-refractivity contribution is 7.98. The van der Waals surface area contributed by atoms with Crippen LogP contribution < -0.4 is 10.2 Å². The van der Waals surface area contributed by atoms with E-state index in [1.165, 1.54) is 18.0 Å². The number of aromatic nitrogens is 2. The van der Waals surface area contributed by atoms with E-state index in [0.29, 0.717) is 36.2 Å². The van der Waals surface area contributed by atoms with E-state index < -0.39 is 6.10 Å². The number of anilines is 1. The van der Waals surface area contributed by atoms with Gasteiger partial charge in [-0.1, -0.05) is 11.8 Å². The lowest BCUT2D eigenvalue weighted by Crippen LogP contribution is -2.49. The lowest BCUT2D eigenvalue weighted by atomic mass is 10.2. The van der Waals surface area contributed by atoms with Crippen molar-refractivity contribution in [3.8, 4) is 6.07 Å². The minimum absolute atomic E-state index is 0.174. The standard InChI is InChI=1S/C12H15N5O2S/c1-14-11(18)9-7-17(3-4-19-9)10-8(5-13)6-15-12(16-10)20-2/h6,9H,3-4,7H2,1-2H3,(H,14,18). The number of nitrogens with one attached hydrogen (secondary N) is 1. The summed E-state index contributed by atoms with van der Waals surface area (Å²) in [5.74, 6) is 0.386. The molecular weight excluding hydrogens is 278 g/mol. The number of carbonyl (C=O) groups is 1. The van der Waals surface area contributed by atoms with E-state index in [1.54, 1.807) is 7.05 Å². The van der Waals surface area contributed by atoms with Crippen molar-refractivity contribution in [2.45, 2.75) is 11.3 Å². The summed E-state index contributed by atoms with van der Waals surface area (Å²) in [4.78, 5) is 22.0. The molecule has 1 aliphatic rings. The molecule has 2 heterocycles. The molecule has 1 aromatic rings. The lowest BCUT2D eigenvalue weighted by molar-refractivity contribution is -0.132. The lowest BCUT2D eigenvalue weighted by Gasteiger charge is -2.33. The van der Waals surface area contributed by atoms with Crippen molar-refractivity contribution >= 4 is 23.5 Å². The molecular formula is C12H15N5O2S. The van der Waals surface area contributed by atoms with Gasteiger partial charge in [0.1, 0.15) is 11.6 Å². The smallest absolute Gasteiger partial charge is 0.250 e. The van der Waals surface area contributed by atoms with Gasteiger partial charge in [-0.05, 0) is 6.26 Å². The molecule has 20 heavy (non-hydrogen) atoms. The topological polar surface area (TPSA) is 91.1 Å². The predicted molar refractivity (Wildman–Crippen MR) is 74.5 cm³/mol. The van der Waals surface area contributed by atoms with Crippen LogP contribution >= 0.6 is 11.8 Å². The number of likely N-dealkylation sites (N-methyl/N-ethyl adjacent to an activating group) is 1. The summed E-state index contributed by atoms with van der Waals surface area (Å²) in [6.07, 6.45) is 2.84. The Labute approximate surface area is 121 Å². The molecule has 0 saturated carbocycles. The fourth-order valence-electron chi connectivity index (χ4n) is 1.94. The summed E-state index contributed by atoms with van der Waals surface area (Å²) in [5.41, 5.74) is 0.403. The Hall–Kier alpha value is -1.85. The van der Waals surface area contributed by atoms with Crippen LogP contribution in [-0.2, 0) is 9.53 Å². The zero-order valence-electron chi connectivity index (χ0n) is 11.3. The van der Waals surface area contributed by atoms with Crippen molar-refractivity contribution in [3.05, 3.63) is 11.8 Å². The molecule has 1 saturated heterocycles. The summed E-state index contributed by atoms with van der Waals surface area (Å²) in [5, 5.41) is 12.3. The summed E-state index contributed by atoms with van der Waals surface area (Å²) in [6, 6.07) is 2.08. The van der Waals surface area contributed by atoms with Crippen LogP contribution in [-0.4, -0.2) is 55.0 Å². The predicted octanol–water partition coefficient (Wildman–Crippen LogP) is 0.0214. The minimum Gasteiger partial charge on any atom is -0.365 e. The second-order valence-corrected chi connectivity index (χ2v) is 4.90. The highest BCUT2D eigenvalue weighted by Crippen LogP contribution is 2.22. The van der Waals surface area contributed by atoms with Gasteiger partial charge in [0.2, 0.25) is 0 Å². The molecule has 2 rings (SSSR count). The van der Waals surface area contributed by atoms with Crippen LogP contribution in [0, 0.1) is 11.3 Å². The van der Waals surface area contributed by atoms with E-state index >= 15 is 0 Å². The molecule has 1 N–H and O–H groups in total. The number of amides is 1. The zero-order valence-corrected chi connectivity index (χ0v) is 12.1. The van der Waals surface area contributed by atoms with E-state index in [1.807, 2.05) is 11.2 Å².